The summed E-state index contributed by atoms with van der Waals surface area (Å²) < 4.78 is 5.70. The number of amides is 2. The highest BCUT2D eigenvalue weighted by Gasteiger charge is 2.36. The third-order valence-electron chi connectivity index (χ3n) is 6.78. The van der Waals surface area contributed by atoms with E-state index < -0.39 is 12.1 Å². The van der Waals surface area contributed by atoms with Crippen LogP contribution in [0.3, 0.4) is 0 Å². The summed E-state index contributed by atoms with van der Waals surface area (Å²) in [6, 6.07) is 5.06. The van der Waals surface area contributed by atoms with Crippen molar-refractivity contribution in [2.45, 2.75) is 78.4 Å². The maximum absolute atomic E-state index is 13.2. The first-order chi connectivity index (χ1) is 15.7. The highest BCUT2D eigenvalue weighted by molar-refractivity contribution is 6.02. The molecule has 2 atom stereocenters. The zero-order valence-electron chi connectivity index (χ0n) is 20.0. The Morgan fingerprint density at radius 1 is 1.33 bits per heavy atom. The highest BCUT2D eigenvalue weighted by Crippen LogP contribution is 2.42. The predicted molar refractivity (Wildman–Crippen MR) is 128 cm³/mol. The third kappa shape index (κ3) is 4.78. The molecule has 1 aliphatic carbocycles. The normalized spacial score (nSPS) is 19.2. The number of nitrogens with one attached hydrogen (secondary N) is 3. The summed E-state index contributed by atoms with van der Waals surface area (Å²) in [5.74, 6) is 0.143. The van der Waals surface area contributed by atoms with Crippen LogP contribution in [0, 0.1) is 12.3 Å². The number of carbonyl (C=O) groups excluding carboxylic acids is 2. The van der Waals surface area contributed by atoms with E-state index in [0.717, 1.165) is 53.8 Å². The van der Waals surface area contributed by atoms with Gasteiger partial charge in [0.1, 0.15) is 17.5 Å². The molecule has 2 aliphatic rings. The van der Waals surface area contributed by atoms with Gasteiger partial charge in [-0.05, 0) is 48.8 Å². The van der Waals surface area contributed by atoms with Crippen molar-refractivity contribution >= 4 is 17.5 Å². The highest BCUT2D eigenvalue weighted by atomic mass is 16.5. The average molecular weight is 454 g/mol. The molecule has 33 heavy (non-hydrogen) atoms. The van der Waals surface area contributed by atoms with Gasteiger partial charge in [-0.25, -0.2) is 0 Å². The number of aromatic nitrogens is 1. The van der Waals surface area contributed by atoms with Crippen molar-refractivity contribution < 1.29 is 19.4 Å². The number of aromatic amines is 1. The Kier molecular flexibility index (Phi) is 6.52. The van der Waals surface area contributed by atoms with E-state index in [1.165, 1.54) is 0 Å². The first kappa shape index (κ1) is 23.4. The Hall–Kier alpha value is -2.80. The number of unbranched alkanes of at least 4 members (excludes halogenated alkanes) is 1. The monoisotopic (exact) mass is 453 g/mol. The van der Waals surface area contributed by atoms with E-state index in [2.05, 4.69) is 36.4 Å². The van der Waals surface area contributed by atoms with Gasteiger partial charge in [0.2, 0.25) is 5.91 Å². The van der Waals surface area contributed by atoms with E-state index in [0.29, 0.717) is 30.8 Å². The average Bonchev–Trinajstić information content (AvgIpc) is 3.35. The number of carbonyl (C=O) groups is 2. The lowest BCUT2D eigenvalue weighted by Crippen LogP contribution is -2.44. The van der Waals surface area contributed by atoms with Crippen molar-refractivity contribution in [2.75, 3.05) is 11.9 Å². The molecule has 0 bridgehead atoms. The number of H-pyrrole nitrogens is 1. The van der Waals surface area contributed by atoms with Crippen LogP contribution in [0.1, 0.15) is 85.4 Å². The van der Waals surface area contributed by atoms with Crippen molar-refractivity contribution in [2.24, 2.45) is 5.41 Å². The number of fused-ring (bicyclic) bond motifs is 2. The molecule has 4 rings (SSSR count). The molecular formula is C26H35N3O4. The van der Waals surface area contributed by atoms with E-state index >= 15 is 0 Å². The van der Waals surface area contributed by atoms with Gasteiger partial charge in [0.15, 0.2) is 0 Å². The Labute approximate surface area is 195 Å². The second kappa shape index (κ2) is 9.21. The minimum Gasteiger partial charge on any atom is -0.491 e. The van der Waals surface area contributed by atoms with Crippen LogP contribution in [-0.4, -0.2) is 34.6 Å². The number of para-hydroxylation sites is 1. The molecule has 4 N–H and O–H groups in total. The van der Waals surface area contributed by atoms with Crippen LogP contribution in [0.2, 0.25) is 0 Å². The van der Waals surface area contributed by atoms with Gasteiger partial charge in [0.05, 0.1) is 18.4 Å². The molecule has 2 amide bonds. The fourth-order valence-corrected chi connectivity index (χ4v) is 5.11. The zero-order chi connectivity index (χ0) is 23.8. The lowest BCUT2D eigenvalue weighted by atomic mass is 9.75. The van der Waals surface area contributed by atoms with Crippen LogP contribution in [0.5, 0.6) is 5.75 Å². The summed E-state index contributed by atoms with van der Waals surface area (Å²) in [7, 11) is 0. The smallest absolute Gasteiger partial charge is 0.268 e. The van der Waals surface area contributed by atoms with Crippen molar-refractivity contribution in [3.8, 4) is 5.75 Å². The number of anilines is 1. The molecule has 0 saturated carbocycles. The van der Waals surface area contributed by atoms with Gasteiger partial charge in [-0.1, -0.05) is 45.7 Å². The quantitative estimate of drug-likeness (QED) is 0.505. The molecule has 0 saturated heterocycles. The van der Waals surface area contributed by atoms with Crippen LogP contribution in [-0.2, 0) is 17.6 Å². The Balaban J connectivity index is 1.53. The van der Waals surface area contributed by atoms with Crippen molar-refractivity contribution in [1.82, 2.24) is 10.3 Å². The molecule has 178 valence electrons. The summed E-state index contributed by atoms with van der Waals surface area (Å²) in [5.41, 5.74) is 4.60. The Bertz CT molecular complexity index is 1060. The van der Waals surface area contributed by atoms with Gasteiger partial charge >= 0.3 is 0 Å². The lowest BCUT2D eigenvalue weighted by molar-refractivity contribution is -0.118. The molecule has 1 aromatic carbocycles. The predicted octanol–water partition coefficient (Wildman–Crippen LogP) is 4.19. The Morgan fingerprint density at radius 3 is 2.88 bits per heavy atom. The van der Waals surface area contributed by atoms with Crippen LogP contribution in [0.4, 0.5) is 5.69 Å². The Morgan fingerprint density at radius 2 is 2.12 bits per heavy atom. The van der Waals surface area contributed by atoms with Crippen LogP contribution in [0.15, 0.2) is 18.2 Å². The number of aliphatic hydroxyl groups excluding tert-OH is 1. The first-order valence-corrected chi connectivity index (χ1v) is 12.0. The van der Waals surface area contributed by atoms with Crippen LogP contribution >= 0.6 is 0 Å². The number of rotatable bonds is 7. The topological polar surface area (TPSA) is 103 Å². The number of aliphatic hydroxyl groups is 1. The second-order valence-corrected chi connectivity index (χ2v) is 10.1. The maximum atomic E-state index is 13.2. The molecule has 7 heteroatoms. The van der Waals surface area contributed by atoms with E-state index in [1.54, 1.807) is 0 Å². The molecule has 1 aliphatic heterocycles. The number of hydrogen-bond donors (Lipinski definition) is 4. The summed E-state index contributed by atoms with van der Waals surface area (Å²) in [6.45, 7) is 8.75. The van der Waals surface area contributed by atoms with Crippen LogP contribution in [0.25, 0.3) is 0 Å². The number of benzene rings is 1. The summed E-state index contributed by atoms with van der Waals surface area (Å²) in [6.07, 6.45) is 3.93. The molecule has 2 heterocycles. The van der Waals surface area contributed by atoms with Gasteiger partial charge in [0, 0.05) is 17.7 Å². The molecule has 2 aromatic rings. The second-order valence-electron chi connectivity index (χ2n) is 10.1. The van der Waals surface area contributed by atoms with Gasteiger partial charge in [0.25, 0.3) is 5.91 Å². The van der Waals surface area contributed by atoms with Gasteiger partial charge in [-0.2, -0.15) is 0 Å². The van der Waals surface area contributed by atoms with Crippen molar-refractivity contribution in [3.05, 3.63) is 46.3 Å². The molecule has 0 radical (unpaired) electrons. The minimum absolute atomic E-state index is 0.0426. The number of hydrogen-bond acceptors (Lipinski definition) is 4. The molecule has 2 unspecified atom stereocenters. The standard InChI is InChI=1S/C26H35N3O4/c1-5-6-9-18(24(31)28-17-10-7-8-16-11-12-33-23(16)17)29-25(32)22-15(2)21-19(27-22)13-26(3,4)14-20(21)30/h7-8,10,18,20,27,30H,5-6,9,11-14H2,1-4H3,(H,28,31)(H,29,32). The fraction of sp³-hybridized carbons (Fsp3) is 0.538. The molecular weight excluding hydrogens is 418 g/mol. The van der Waals surface area contributed by atoms with E-state index in [9.17, 15) is 14.7 Å². The molecule has 7 nitrogen and oxygen atoms in total. The van der Waals surface area contributed by atoms with Gasteiger partial charge < -0.3 is 25.5 Å². The lowest BCUT2D eigenvalue weighted by Gasteiger charge is -2.33. The first-order valence-electron chi connectivity index (χ1n) is 12.0. The molecule has 0 spiro atoms. The van der Waals surface area contributed by atoms with Crippen molar-refractivity contribution in [1.29, 1.82) is 0 Å². The minimum atomic E-state index is -0.671. The zero-order valence-corrected chi connectivity index (χ0v) is 20.0. The van der Waals surface area contributed by atoms with Crippen LogP contribution < -0.4 is 15.4 Å². The maximum Gasteiger partial charge on any atom is 0.268 e. The van der Waals surface area contributed by atoms with E-state index in [4.69, 9.17) is 4.74 Å². The van der Waals surface area contributed by atoms with Gasteiger partial charge in [-0.15, -0.1) is 0 Å². The SMILES string of the molecule is CCCCC(NC(=O)c1[nH]c2c(c1C)C(O)CC(C)(C)C2)C(=O)Nc1cccc2c1OCC2. The third-order valence-corrected chi connectivity index (χ3v) is 6.78. The molecule has 1 aromatic heterocycles. The van der Waals surface area contributed by atoms with Gasteiger partial charge in [-0.3, -0.25) is 9.59 Å². The van der Waals surface area contributed by atoms with E-state index in [1.807, 2.05) is 25.1 Å². The summed E-state index contributed by atoms with van der Waals surface area (Å²) in [5, 5.41) is 16.6. The fourth-order valence-electron chi connectivity index (χ4n) is 5.11. The molecule has 0 fully saturated rings. The summed E-state index contributed by atoms with van der Waals surface area (Å²) >= 11 is 0. The van der Waals surface area contributed by atoms with E-state index in [-0.39, 0.29) is 17.2 Å². The number of ether oxygens (including phenoxy) is 1. The largest absolute Gasteiger partial charge is 0.491 e. The summed E-state index contributed by atoms with van der Waals surface area (Å²) in [4.78, 5) is 29.7. The van der Waals surface area contributed by atoms with Crippen molar-refractivity contribution in [3.63, 3.8) is 0 Å².